The van der Waals surface area contributed by atoms with Crippen LogP contribution in [0.3, 0.4) is 0 Å². The number of hydroxylamine groups is 2. The Hall–Kier alpha value is -2.90. The van der Waals surface area contributed by atoms with E-state index in [2.05, 4.69) is 5.32 Å². The van der Waals surface area contributed by atoms with E-state index in [-0.39, 0.29) is 17.5 Å². The van der Waals surface area contributed by atoms with Gasteiger partial charge in [0.05, 0.1) is 11.1 Å². The van der Waals surface area contributed by atoms with E-state index < -0.39 is 29.9 Å². The van der Waals surface area contributed by atoms with Crippen LogP contribution in [0.2, 0.25) is 0 Å². The second kappa shape index (κ2) is 6.25. The van der Waals surface area contributed by atoms with Crippen molar-refractivity contribution in [2.24, 2.45) is 5.73 Å². The third-order valence-corrected chi connectivity index (χ3v) is 3.12. The van der Waals surface area contributed by atoms with Gasteiger partial charge in [0.2, 0.25) is 0 Å². The van der Waals surface area contributed by atoms with Crippen LogP contribution in [0, 0.1) is 0 Å². The number of benzene rings is 1. The molecule has 2 rings (SSSR count). The molecule has 0 aromatic heterocycles. The Morgan fingerprint density at radius 2 is 1.77 bits per heavy atom. The molecule has 4 amide bonds. The minimum atomic E-state index is -1.02. The van der Waals surface area contributed by atoms with Gasteiger partial charge in [0, 0.05) is 0 Å². The van der Waals surface area contributed by atoms with Crippen molar-refractivity contribution in [3.05, 3.63) is 35.4 Å². The summed E-state index contributed by atoms with van der Waals surface area (Å²) in [6.07, 6.45) is 0.840. The van der Waals surface area contributed by atoms with Crippen LogP contribution in [-0.2, 0) is 9.63 Å². The number of carbonyl (C=O) groups is 4. The molecular weight excluding hydrogens is 290 g/mol. The summed E-state index contributed by atoms with van der Waals surface area (Å²) in [4.78, 5) is 51.9. The fourth-order valence-corrected chi connectivity index (χ4v) is 2.11. The molecule has 22 heavy (non-hydrogen) atoms. The predicted molar refractivity (Wildman–Crippen MR) is 74.4 cm³/mol. The van der Waals surface area contributed by atoms with Gasteiger partial charge in [-0.15, -0.1) is 0 Å². The predicted octanol–water partition coefficient (Wildman–Crippen LogP) is 0.578. The first kappa shape index (κ1) is 15.5. The molecule has 3 N–H and O–H groups in total. The van der Waals surface area contributed by atoms with E-state index in [0.29, 0.717) is 11.5 Å². The first-order chi connectivity index (χ1) is 10.5. The zero-order valence-corrected chi connectivity index (χ0v) is 11.9. The molecule has 0 saturated heterocycles. The van der Waals surface area contributed by atoms with Crippen LogP contribution in [0.1, 0.15) is 40.5 Å². The van der Waals surface area contributed by atoms with Gasteiger partial charge < -0.3 is 15.9 Å². The average Bonchev–Trinajstić information content (AvgIpc) is 2.72. The molecule has 1 aliphatic rings. The van der Waals surface area contributed by atoms with Gasteiger partial charge in [0.1, 0.15) is 6.04 Å². The highest BCUT2D eigenvalue weighted by Gasteiger charge is 2.39. The van der Waals surface area contributed by atoms with E-state index >= 15 is 0 Å². The Morgan fingerprint density at radius 3 is 2.23 bits per heavy atom. The first-order valence-electron chi connectivity index (χ1n) is 6.71. The molecule has 116 valence electrons. The maximum Gasteiger partial charge on any atom is 0.355 e. The van der Waals surface area contributed by atoms with Gasteiger partial charge >= 0.3 is 12.0 Å². The Bertz CT molecular complexity index is 608. The third kappa shape index (κ3) is 2.90. The molecule has 0 fully saturated rings. The number of imide groups is 1. The van der Waals surface area contributed by atoms with Crippen molar-refractivity contribution in [1.29, 1.82) is 0 Å². The standard InChI is InChI=1S/C14H15N3O5/c1-2-5-10(16-14(15)21)13(20)22-17-11(18)8-6-3-4-7-9(8)12(17)19/h3-4,6-7,10H,2,5H2,1H3,(H3,15,16,21)/t10-/m1/s1. The number of fused-ring (bicyclic) bond motifs is 1. The van der Waals surface area contributed by atoms with Gasteiger partial charge in [-0.25, -0.2) is 9.59 Å². The highest BCUT2D eigenvalue weighted by Crippen LogP contribution is 2.23. The topological polar surface area (TPSA) is 119 Å². The number of nitrogens with two attached hydrogens (primary N) is 1. The lowest BCUT2D eigenvalue weighted by Gasteiger charge is -2.18. The Balaban J connectivity index is 2.14. The van der Waals surface area contributed by atoms with Crippen LogP contribution < -0.4 is 11.1 Å². The van der Waals surface area contributed by atoms with Crippen molar-refractivity contribution < 1.29 is 24.0 Å². The Morgan fingerprint density at radius 1 is 1.23 bits per heavy atom. The molecule has 1 aromatic carbocycles. The number of amides is 4. The normalized spacial score (nSPS) is 14.5. The number of primary amides is 1. The number of hydrogen-bond acceptors (Lipinski definition) is 5. The van der Waals surface area contributed by atoms with Crippen molar-refractivity contribution in [3.8, 4) is 0 Å². The van der Waals surface area contributed by atoms with E-state index in [9.17, 15) is 19.2 Å². The quantitative estimate of drug-likeness (QED) is 0.771. The smallest absolute Gasteiger partial charge is 0.352 e. The molecule has 0 spiro atoms. The zero-order valence-electron chi connectivity index (χ0n) is 11.9. The number of rotatable bonds is 5. The summed E-state index contributed by atoms with van der Waals surface area (Å²) >= 11 is 0. The lowest BCUT2D eigenvalue weighted by atomic mass is 10.1. The number of nitrogens with zero attached hydrogens (tertiary/aromatic N) is 1. The SMILES string of the molecule is CCC[C@@H](NC(N)=O)C(=O)ON1C(=O)c2ccccc2C1=O. The molecule has 0 saturated carbocycles. The fourth-order valence-electron chi connectivity index (χ4n) is 2.11. The average molecular weight is 305 g/mol. The van der Waals surface area contributed by atoms with Gasteiger partial charge in [-0.05, 0) is 18.6 Å². The van der Waals surface area contributed by atoms with Crippen LogP contribution >= 0.6 is 0 Å². The van der Waals surface area contributed by atoms with Gasteiger partial charge in [0.15, 0.2) is 0 Å². The van der Waals surface area contributed by atoms with Crippen molar-refractivity contribution in [2.75, 3.05) is 0 Å². The van der Waals surface area contributed by atoms with E-state index in [1.807, 2.05) is 0 Å². The molecule has 0 aliphatic carbocycles. The minimum Gasteiger partial charge on any atom is -0.352 e. The van der Waals surface area contributed by atoms with Crippen molar-refractivity contribution in [1.82, 2.24) is 10.4 Å². The fraction of sp³-hybridized carbons (Fsp3) is 0.286. The molecule has 0 radical (unpaired) electrons. The Kier molecular flexibility index (Phi) is 4.40. The maximum atomic E-state index is 12.1. The summed E-state index contributed by atoms with van der Waals surface area (Å²) in [5, 5.41) is 2.62. The van der Waals surface area contributed by atoms with Crippen LogP contribution in [0.4, 0.5) is 4.79 Å². The third-order valence-electron chi connectivity index (χ3n) is 3.12. The molecule has 8 nitrogen and oxygen atoms in total. The van der Waals surface area contributed by atoms with Crippen molar-refractivity contribution in [2.45, 2.75) is 25.8 Å². The molecule has 1 aliphatic heterocycles. The molecule has 8 heteroatoms. The summed E-state index contributed by atoms with van der Waals surface area (Å²) < 4.78 is 0. The van der Waals surface area contributed by atoms with Crippen LogP contribution in [-0.4, -0.2) is 34.9 Å². The highest BCUT2D eigenvalue weighted by molar-refractivity contribution is 6.20. The van der Waals surface area contributed by atoms with Crippen LogP contribution in [0.15, 0.2) is 24.3 Å². The number of carbonyl (C=O) groups excluding carboxylic acids is 4. The molecule has 1 aromatic rings. The molecule has 1 atom stereocenters. The van der Waals surface area contributed by atoms with Crippen molar-refractivity contribution in [3.63, 3.8) is 0 Å². The lowest BCUT2D eigenvalue weighted by Crippen LogP contribution is -2.47. The van der Waals surface area contributed by atoms with Gasteiger partial charge in [-0.3, -0.25) is 9.59 Å². The van der Waals surface area contributed by atoms with E-state index in [1.165, 1.54) is 12.1 Å². The van der Waals surface area contributed by atoms with Crippen LogP contribution in [0.5, 0.6) is 0 Å². The molecular formula is C14H15N3O5. The number of urea groups is 1. The first-order valence-corrected chi connectivity index (χ1v) is 6.71. The molecule has 0 bridgehead atoms. The summed E-state index contributed by atoms with van der Waals surface area (Å²) in [6.45, 7) is 1.80. The van der Waals surface area contributed by atoms with Crippen molar-refractivity contribution >= 4 is 23.8 Å². The van der Waals surface area contributed by atoms with Gasteiger partial charge in [-0.1, -0.05) is 30.5 Å². The summed E-state index contributed by atoms with van der Waals surface area (Å²) in [5.74, 6) is -2.36. The highest BCUT2D eigenvalue weighted by atomic mass is 16.7. The second-order valence-corrected chi connectivity index (χ2v) is 4.71. The van der Waals surface area contributed by atoms with Gasteiger partial charge in [-0.2, -0.15) is 0 Å². The second-order valence-electron chi connectivity index (χ2n) is 4.71. The lowest BCUT2D eigenvalue weighted by molar-refractivity contribution is -0.171. The van der Waals surface area contributed by atoms with E-state index in [1.54, 1.807) is 19.1 Å². The Labute approximate surface area is 126 Å². The van der Waals surface area contributed by atoms with E-state index in [0.717, 1.165) is 0 Å². The molecule has 0 unspecified atom stereocenters. The summed E-state index contributed by atoms with van der Waals surface area (Å²) in [5.41, 5.74) is 5.31. The van der Waals surface area contributed by atoms with Crippen LogP contribution in [0.25, 0.3) is 0 Å². The maximum absolute atomic E-state index is 12.1. The largest absolute Gasteiger partial charge is 0.355 e. The van der Waals surface area contributed by atoms with E-state index in [4.69, 9.17) is 10.6 Å². The van der Waals surface area contributed by atoms with Gasteiger partial charge in [0.25, 0.3) is 11.8 Å². The number of nitrogens with one attached hydrogen (secondary N) is 1. The summed E-state index contributed by atoms with van der Waals surface area (Å²) in [6, 6.07) is 4.22. The molecule has 1 heterocycles. The number of hydrogen-bond donors (Lipinski definition) is 2. The monoisotopic (exact) mass is 305 g/mol. The minimum absolute atomic E-state index is 0.162. The summed E-state index contributed by atoms with van der Waals surface area (Å²) in [7, 11) is 0. The zero-order chi connectivity index (χ0) is 16.3.